The summed E-state index contributed by atoms with van der Waals surface area (Å²) in [6.45, 7) is 7.32. The van der Waals surface area contributed by atoms with E-state index in [2.05, 4.69) is 124 Å². The van der Waals surface area contributed by atoms with Crippen LogP contribution in [0, 0.1) is 12.4 Å². The van der Waals surface area contributed by atoms with Crippen LogP contribution in [0.15, 0.2) is 377 Å². The number of hydrogen-bond donors (Lipinski definition) is 0. The van der Waals surface area contributed by atoms with Gasteiger partial charge in [0, 0.05) is 69.3 Å². The first-order valence-corrected chi connectivity index (χ1v) is 36.0. The molecular formula is C97H62FN13. The minimum atomic E-state index is -0.280. The van der Waals surface area contributed by atoms with Crippen molar-refractivity contribution < 1.29 is 4.39 Å². The van der Waals surface area contributed by atoms with Crippen LogP contribution in [0.4, 0.5) is 10.1 Å². The molecule has 0 N–H and O–H groups in total. The fourth-order valence-electron chi connectivity index (χ4n) is 13.0. The number of aromatic nitrogens is 12. The summed E-state index contributed by atoms with van der Waals surface area (Å²) in [6.07, 6.45) is 7.27. The molecular weight excluding hydrogens is 1370 g/mol. The second-order valence-corrected chi connectivity index (χ2v) is 26.1. The summed E-state index contributed by atoms with van der Waals surface area (Å²) in [5.41, 5.74) is 24.3. The summed E-state index contributed by atoms with van der Waals surface area (Å²) in [6, 6.07) is 115. The molecule has 0 aliphatic rings. The third kappa shape index (κ3) is 15.8. The first-order valence-electron chi connectivity index (χ1n) is 36.0. The van der Waals surface area contributed by atoms with Gasteiger partial charge in [0.05, 0.1) is 52.1 Å². The van der Waals surface area contributed by atoms with Gasteiger partial charge in [0.15, 0.2) is 40.6 Å². The molecule has 18 rings (SSSR count). The molecule has 0 saturated heterocycles. The summed E-state index contributed by atoms with van der Waals surface area (Å²) in [7, 11) is 0. The van der Waals surface area contributed by atoms with Gasteiger partial charge >= 0.3 is 0 Å². The molecule has 18 aromatic rings. The molecule has 0 atom stereocenters. The van der Waals surface area contributed by atoms with Crippen LogP contribution in [-0.4, -0.2) is 59.8 Å². The second kappa shape index (κ2) is 31.7. The Hall–Kier alpha value is -15.5. The monoisotopic (exact) mass is 1430 g/mol. The molecule has 0 saturated carbocycles. The van der Waals surface area contributed by atoms with Gasteiger partial charge in [0.25, 0.3) is 0 Å². The van der Waals surface area contributed by atoms with Gasteiger partial charge in [-0.2, -0.15) is 0 Å². The molecule has 0 radical (unpaired) electrons. The number of nitrogens with zero attached hydrogens (tertiary/aromatic N) is 13. The standard InChI is InChI=1S/C49H31N7.C48H31FN6/c1-50-42-26-23-36(24-27-42)41-30-45(43-14-8-9-29-51-43)53-46(31-41)44-28-25-40(32-52-44)35-17-15-33(16-18-35)34-19-21-39(22-20-34)49-55-47(37-10-4-2-5-11-37)54-48(56-49)38-12-6-3-7-13-38;49-41-25-22-35(23-26-41)40-29-44(42-13-7-8-28-50-42)52-45(30-40)43-27-24-39(31-51-43)34-16-14-32(15-17-34)33-18-20-38(21-19-33)48-54-46(36-9-3-1-4-10-36)53-47(55-48)37-11-5-2-6-12-37/h2-32H;1-31H. The fraction of sp³-hybridized carbons (Fsp3) is 0. The third-order valence-corrected chi connectivity index (χ3v) is 18.9. The highest BCUT2D eigenvalue weighted by Crippen LogP contribution is 2.36. The molecule has 0 bridgehead atoms. The molecule has 0 amide bonds. The van der Waals surface area contributed by atoms with E-state index in [0.717, 1.165) is 134 Å². The summed E-state index contributed by atoms with van der Waals surface area (Å²) in [5, 5.41) is 0. The molecule has 10 aromatic carbocycles. The molecule has 8 aromatic heterocycles. The van der Waals surface area contributed by atoms with Crippen LogP contribution in [0.3, 0.4) is 0 Å². The number of hydrogen-bond acceptors (Lipinski definition) is 12. The van der Waals surface area contributed by atoms with Crippen molar-refractivity contribution >= 4 is 5.69 Å². The molecule has 522 valence electrons. The zero-order valence-corrected chi connectivity index (χ0v) is 59.5. The Morgan fingerprint density at radius 3 is 0.694 bits per heavy atom. The van der Waals surface area contributed by atoms with Gasteiger partial charge in [-0.3, -0.25) is 19.9 Å². The van der Waals surface area contributed by atoms with Gasteiger partial charge in [-0.15, -0.1) is 0 Å². The zero-order valence-electron chi connectivity index (χ0n) is 59.5. The maximum atomic E-state index is 13.7. The van der Waals surface area contributed by atoms with E-state index in [-0.39, 0.29) is 5.82 Å². The van der Waals surface area contributed by atoms with Gasteiger partial charge in [0.2, 0.25) is 0 Å². The lowest BCUT2D eigenvalue weighted by atomic mass is 9.99. The van der Waals surface area contributed by atoms with Gasteiger partial charge in [-0.1, -0.05) is 279 Å². The van der Waals surface area contributed by atoms with Gasteiger partial charge in [-0.05, 0) is 128 Å². The average molecular weight is 1430 g/mol. The molecule has 13 nitrogen and oxygen atoms in total. The third-order valence-electron chi connectivity index (χ3n) is 18.9. The first kappa shape index (κ1) is 68.6. The lowest BCUT2D eigenvalue weighted by molar-refractivity contribution is 0.628. The Morgan fingerprint density at radius 2 is 0.423 bits per heavy atom. The number of rotatable bonds is 16. The topological polar surface area (TPSA) is 159 Å². The lowest BCUT2D eigenvalue weighted by Crippen LogP contribution is -2.00. The molecule has 0 unspecified atom stereocenters. The predicted octanol–water partition coefficient (Wildman–Crippen LogP) is 23.5. The Morgan fingerprint density at radius 1 is 0.189 bits per heavy atom. The van der Waals surface area contributed by atoms with Crippen LogP contribution < -0.4 is 0 Å². The number of pyridine rings is 6. The van der Waals surface area contributed by atoms with Gasteiger partial charge < -0.3 is 0 Å². The van der Waals surface area contributed by atoms with E-state index in [1.54, 1.807) is 24.5 Å². The smallest absolute Gasteiger partial charge is 0.187 e. The van der Waals surface area contributed by atoms with Crippen LogP contribution in [0.5, 0.6) is 0 Å². The predicted molar refractivity (Wildman–Crippen MR) is 440 cm³/mol. The van der Waals surface area contributed by atoms with Crippen molar-refractivity contribution in [2.24, 2.45) is 0 Å². The average Bonchev–Trinajstić information content (AvgIpc) is 0.810. The highest BCUT2D eigenvalue weighted by molar-refractivity contribution is 5.81. The minimum Gasteiger partial charge on any atom is -0.255 e. The van der Waals surface area contributed by atoms with Crippen molar-refractivity contribution in [3.8, 4) is 181 Å². The fourth-order valence-corrected chi connectivity index (χ4v) is 13.0. The van der Waals surface area contributed by atoms with E-state index in [1.807, 2.05) is 231 Å². The Kier molecular flexibility index (Phi) is 19.6. The SMILES string of the molecule is Fc1ccc(-c2cc(-c3ccccn3)nc(-c3ccc(-c4ccc(-c5ccc(-c6nc(-c7ccccc7)nc(-c7ccccc7)n6)cc5)cc4)cn3)c2)cc1.[C-]#[N+]c1ccc(-c2cc(-c3ccccn3)nc(-c3ccc(-c4ccc(-c5ccc(-c6nc(-c7ccccc7)nc(-c7ccccc7)n6)cc5)cc4)cn3)c2)cc1. The Bertz CT molecular complexity index is 6170. The molecule has 14 heteroatoms. The molecule has 0 spiro atoms. The van der Waals surface area contributed by atoms with Gasteiger partial charge in [-0.25, -0.2) is 49.1 Å². The van der Waals surface area contributed by atoms with E-state index < -0.39 is 0 Å². The lowest BCUT2D eigenvalue weighted by Gasteiger charge is -2.10. The van der Waals surface area contributed by atoms with Crippen molar-refractivity contribution in [3.05, 3.63) is 394 Å². The van der Waals surface area contributed by atoms with E-state index in [1.165, 1.54) is 12.1 Å². The van der Waals surface area contributed by atoms with E-state index in [9.17, 15) is 4.39 Å². The van der Waals surface area contributed by atoms with Crippen molar-refractivity contribution in [2.45, 2.75) is 0 Å². The van der Waals surface area contributed by atoms with Crippen LogP contribution in [0.2, 0.25) is 0 Å². The van der Waals surface area contributed by atoms with Gasteiger partial charge in [0.1, 0.15) is 5.82 Å². The van der Waals surface area contributed by atoms with Crippen molar-refractivity contribution in [2.75, 3.05) is 0 Å². The summed E-state index contributed by atoms with van der Waals surface area (Å²) < 4.78 is 13.7. The molecule has 0 aliphatic heterocycles. The van der Waals surface area contributed by atoms with Crippen LogP contribution in [0.1, 0.15) is 0 Å². The second-order valence-electron chi connectivity index (χ2n) is 26.1. The first-order chi connectivity index (χ1) is 54.8. The molecule has 111 heavy (non-hydrogen) atoms. The van der Waals surface area contributed by atoms with Crippen LogP contribution in [-0.2, 0) is 0 Å². The number of benzene rings is 10. The maximum Gasteiger partial charge on any atom is 0.187 e. The Balaban J connectivity index is 0.000000161. The number of halogens is 1. The summed E-state index contributed by atoms with van der Waals surface area (Å²) in [5.74, 6) is 3.51. The molecule has 8 heterocycles. The minimum absolute atomic E-state index is 0.280. The van der Waals surface area contributed by atoms with E-state index in [0.29, 0.717) is 52.0 Å². The van der Waals surface area contributed by atoms with Crippen molar-refractivity contribution in [3.63, 3.8) is 0 Å². The summed E-state index contributed by atoms with van der Waals surface area (Å²) >= 11 is 0. The van der Waals surface area contributed by atoms with E-state index in [4.69, 9.17) is 56.4 Å². The largest absolute Gasteiger partial charge is 0.255 e. The van der Waals surface area contributed by atoms with E-state index >= 15 is 0 Å². The highest BCUT2D eigenvalue weighted by atomic mass is 19.1. The van der Waals surface area contributed by atoms with Crippen molar-refractivity contribution in [1.29, 1.82) is 0 Å². The maximum absolute atomic E-state index is 13.7. The quantitative estimate of drug-likeness (QED) is 0.0844. The van der Waals surface area contributed by atoms with Crippen molar-refractivity contribution in [1.82, 2.24) is 59.8 Å². The zero-order chi connectivity index (χ0) is 74.7. The normalized spacial score (nSPS) is 10.9. The van der Waals surface area contributed by atoms with Crippen LogP contribution >= 0.6 is 0 Å². The Labute approximate surface area is 640 Å². The molecule has 0 aliphatic carbocycles. The summed E-state index contributed by atoms with van der Waals surface area (Å²) in [4.78, 5) is 61.2. The van der Waals surface area contributed by atoms with Crippen LogP contribution in [0.25, 0.3) is 185 Å². The highest BCUT2D eigenvalue weighted by Gasteiger charge is 2.18. The molecule has 0 fully saturated rings.